The topological polar surface area (TPSA) is 116 Å². The third-order valence-electron chi connectivity index (χ3n) is 6.73. The van der Waals surface area contributed by atoms with Crippen LogP contribution < -0.4 is 9.46 Å². The largest absolute Gasteiger partial charge is 0.516 e. The van der Waals surface area contributed by atoms with E-state index in [0.29, 0.717) is 46.8 Å². The van der Waals surface area contributed by atoms with E-state index in [1.165, 1.54) is 25.1 Å². The van der Waals surface area contributed by atoms with Gasteiger partial charge in [-0.25, -0.2) is 15.0 Å². The van der Waals surface area contributed by atoms with Gasteiger partial charge in [0.15, 0.2) is 11.4 Å². The number of nitrogens with one attached hydrogen (secondary N) is 1. The lowest BCUT2D eigenvalue weighted by molar-refractivity contribution is -0.132. The molecule has 0 fully saturated rings. The number of aryl methyl sites for hydroxylation is 3. The number of halogens is 3. The summed E-state index contributed by atoms with van der Waals surface area (Å²) in [7, 11) is -5.60. The number of pyridine rings is 2. The van der Waals surface area contributed by atoms with Crippen molar-refractivity contribution < 1.29 is 31.1 Å². The summed E-state index contributed by atoms with van der Waals surface area (Å²) in [4.78, 5) is 25.7. The summed E-state index contributed by atoms with van der Waals surface area (Å²) in [6.45, 7) is 7.41. The molecule has 0 bridgehead atoms. The standard InChI is InChI=1S/C29H26F3N5O4S/c1-5-25-35-26-16(2)27(41-18(4)38)17(3)33-28(26)37(25)15-19-10-12-22-20(14-19)11-13-23(34-22)21-8-6-7-9-24(21)36-42(39,40)29(30,31)32/h6-14,36H,5,15H2,1-4H3. The number of carbonyl (C=O) groups excluding carboxylic acids is 1. The molecule has 42 heavy (non-hydrogen) atoms. The van der Waals surface area contributed by atoms with E-state index in [2.05, 4.69) is 4.98 Å². The minimum absolute atomic E-state index is 0.207. The van der Waals surface area contributed by atoms with Gasteiger partial charge in [-0.05, 0) is 43.7 Å². The van der Waals surface area contributed by atoms with Crippen LogP contribution in [0.3, 0.4) is 0 Å². The Morgan fingerprint density at radius 2 is 1.76 bits per heavy atom. The summed E-state index contributed by atoms with van der Waals surface area (Å²) >= 11 is 0. The molecule has 0 aliphatic heterocycles. The highest BCUT2D eigenvalue weighted by Crippen LogP contribution is 2.33. The van der Waals surface area contributed by atoms with E-state index >= 15 is 0 Å². The molecule has 0 aliphatic rings. The van der Waals surface area contributed by atoms with Gasteiger partial charge >= 0.3 is 21.5 Å². The highest BCUT2D eigenvalue weighted by atomic mass is 32.2. The number of fused-ring (bicyclic) bond motifs is 2. The van der Waals surface area contributed by atoms with Crippen molar-refractivity contribution in [3.63, 3.8) is 0 Å². The van der Waals surface area contributed by atoms with Gasteiger partial charge in [0.25, 0.3) is 0 Å². The van der Waals surface area contributed by atoms with E-state index in [9.17, 15) is 26.4 Å². The van der Waals surface area contributed by atoms with Gasteiger partial charge < -0.3 is 9.30 Å². The van der Waals surface area contributed by atoms with E-state index < -0.39 is 21.5 Å². The number of para-hydroxylation sites is 1. The smallest absolute Gasteiger partial charge is 0.424 e. The molecular formula is C29H26F3N5O4S. The molecule has 0 aliphatic carbocycles. The fourth-order valence-corrected chi connectivity index (χ4v) is 5.36. The average Bonchev–Trinajstić information content (AvgIpc) is 3.27. The molecule has 0 saturated heterocycles. The number of esters is 1. The molecule has 13 heteroatoms. The number of sulfonamides is 1. The summed E-state index contributed by atoms with van der Waals surface area (Å²) in [5.74, 6) is 0.783. The van der Waals surface area contributed by atoms with Crippen LogP contribution in [-0.4, -0.2) is 39.4 Å². The number of ether oxygens (including phenoxy) is 1. The highest BCUT2D eigenvalue weighted by Gasteiger charge is 2.46. The first kappa shape index (κ1) is 29.0. The molecule has 0 amide bonds. The molecular weight excluding hydrogens is 571 g/mol. The van der Waals surface area contributed by atoms with Crippen LogP contribution in [0.15, 0.2) is 54.6 Å². The predicted octanol–water partition coefficient (Wildman–Crippen LogP) is 6.06. The van der Waals surface area contributed by atoms with Crippen LogP contribution in [0.2, 0.25) is 0 Å². The Balaban J connectivity index is 1.50. The van der Waals surface area contributed by atoms with E-state index in [1.54, 1.807) is 35.9 Å². The summed E-state index contributed by atoms with van der Waals surface area (Å²) in [5.41, 5.74) is -1.03. The number of hydrogen-bond acceptors (Lipinski definition) is 7. The Hall–Kier alpha value is -4.52. The maximum atomic E-state index is 13.0. The first-order valence-corrected chi connectivity index (χ1v) is 14.4. The molecule has 0 radical (unpaired) electrons. The number of alkyl halides is 3. The number of nitrogens with zero attached hydrogens (tertiary/aromatic N) is 4. The van der Waals surface area contributed by atoms with Gasteiger partial charge in [0.05, 0.1) is 29.1 Å². The van der Waals surface area contributed by atoms with Crippen molar-refractivity contribution in [2.75, 3.05) is 4.72 Å². The van der Waals surface area contributed by atoms with Crippen LogP contribution in [0.1, 0.15) is 36.5 Å². The number of aromatic nitrogens is 4. The van der Waals surface area contributed by atoms with Crippen LogP contribution >= 0.6 is 0 Å². The summed E-state index contributed by atoms with van der Waals surface area (Å²) < 4.78 is 71.4. The molecule has 1 N–H and O–H groups in total. The zero-order valence-corrected chi connectivity index (χ0v) is 23.9. The number of rotatable bonds is 7. The zero-order chi connectivity index (χ0) is 30.4. The number of benzene rings is 2. The van der Waals surface area contributed by atoms with E-state index in [4.69, 9.17) is 14.7 Å². The third-order valence-corrected chi connectivity index (χ3v) is 7.82. The van der Waals surface area contributed by atoms with Gasteiger partial charge in [0, 0.05) is 29.9 Å². The molecule has 3 aromatic heterocycles. The fourth-order valence-electron chi connectivity index (χ4n) is 4.78. The number of imidazole rings is 1. The number of hydrogen-bond donors (Lipinski definition) is 1. The van der Waals surface area contributed by atoms with Crippen molar-refractivity contribution in [2.45, 2.75) is 46.2 Å². The second kappa shape index (κ2) is 10.7. The second-order valence-electron chi connectivity index (χ2n) is 9.71. The Kier molecular flexibility index (Phi) is 7.39. The van der Waals surface area contributed by atoms with Crippen molar-refractivity contribution in [1.82, 2.24) is 19.5 Å². The molecule has 0 atom stereocenters. The second-order valence-corrected chi connectivity index (χ2v) is 11.4. The maximum absolute atomic E-state index is 13.0. The Labute approximate surface area is 239 Å². The lowest BCUT2D eigenvalue weighted by Crippen LogP contribution is -2.30. The minimum Gasteiger partial charge on any atom is -0.424 e. The van der Waals surface area contributed by atoms with Crippen molar-refractivity contribution in [3.8, 4) is 17.0 Å². The fraction of sp³-hybridized carbons (Fsp3) is 0.241. The van der Waals surface area contributed by atoms with Crippen LogP contribution in [0.25, 0.3) is 33.3 Å². The molecule has 5 rings (SSSR count). The molecule has 5 aromatic rings. The molecule has 218 valence electrons. The van der Waals surface area contributed by atoms with E-state index in [1.807, 2.05) is 30.5 Å². The van der Waals surface area contributed by atoms with Crippen molar-refractivity contribution in [1.29, 1.82) is 0 Å². The Bertz CT molecular complexity index is 1970. The quantitative estimate of drug-likeness (QED) is 0.227. The van der Waals surface area contributed by atoms with Crippen LogP contribution in [0.4, 0.5) is 18.9 Å². The van der Waals surface area contributed by atoms with Gasteiger partial charge in [0.2, 0.25) is 0 Å². The Morgan fingerprint density at radius 1 is 1.02 bits per heavy atom. The SMILES string of the molecule is CCc1nc2c(C)c(OC(C)=O)c(C)nc2n1Cc1ccc2nc(-c3ccccc3NS(=O)(=O)C(F)(F)F)ccc2c1. The lowest BCUT2D eigenvalue weighted by Gasteiger charge is -2.14. The molecule has 0 saturated carbocycles. The lowest BCUT2D eigenvalue weighted by atomic mass is 10.1. The molecule has 0 spiro atoms. The van der Waals surface area contributed by atoms with Crippen molar-refractivity contribution >= 4 is 43.7 Å². The van der Waals surface area contributed by atoms with Gasteiger partial charge in [-0.2, -0.15) is 21.6 Å². The minimum atomic E-state index is -5.60. The van der Waals surface area contributed by atoms with Gasteiger partial charge in [-0.15, -0.1) is 0 Å². The molecule has 2 aromatic carbocycles. The summed E-state index contributed by atoms with van der Waals surface area (Å²) in [6, 6.07) is 14.8. The molecule has 9 nitrogen and oxygen atoms in total. The van der Waals surface area contributed by atoms with Gasteiger partial charge in [-0.1, -0.05) is 37.3 Å². The molecule has 3 heterocycles. The van der Waals surface area contributed by atoms with Gasteiger partial charge in [0.1, 0.15) is 11.3 Å². The van der Waals surface area contributed by atoms with Crippen molar-refractivity contribution in [2.24, 2.45) is 0 Å². The number of carbonyl (C=O) groups is 1. The summed E-state index contributed by atoms with van der Waals surface area (Å²) in [6.07, 6.45) is 0.647. The predicted molar refractivity (Wildman–Crippen MR) is 153 cm³/mol. The van der Waals surface area contributed by atoms with Crippen LogP contribution in [-0.2, 0) is 27.8 Å². The highest BCUT2D eigenvalue weighted by molar-refractivity contribution is 7.93. The Morgan fingerprint density at radius 3 is 2.45 bits per heavy atom. The van der Waals surface area contributed by atoms with Crippen LogP contribution in [0.5, 0.6) is 5.75 Å². The first-order chi connectivity index (χ1) is 19.8. The third kappa shape index (κ3) is 5.39. The van der Waals surface area contributed by atoms with E-state index in [-0.39, 0.29) is 11.3 Å². The normalized spacial score (nSPS) is 12.2. The van der Waals surface area contributed by atoms with Crippen molar-refractivity contribution in [3.05, 3.63) is 77.2 Å². The molecule has 0 unspecified atom stereocenters. The van der Waals surface area contributed by atoms with Gasteiger partial charge in [-0.3, -0.25) is 9.52 Å². The first-order valence-electron chi connectivity index (χ1n) is 12.9. The van der Waals surface area contributed by atoms with Crippen LogP contribution in [0, 0.1) is 13.8 Å². The monoisotopic (exact) mass is 597 g/mol. The number of anilines is 1. The van der Waals surface area contributed by atoms with E-state index in [0.717, 1.165) is 22.3 Å². The zero-order valence-electron chi connectivity index (χ0n) is 23.1. The summed E-state index contributed by atoms with van der Waals surface area (Å²) in [5, 5.41) is 0.782. The average molecular weight is 598 g/mol. The maximum Gasteiger partial charge on any atom is 0.516 e.